The number of nitrogens with zero attached hydrogens (tertiary/aromatic N) is 2. The van der Waals surface area contributed by atoms with Crippen LogP contribution in [0, 0.1) is 5.92 Å². The molecule has 0 amide bonds. The summed E-state index contributed by atoms with van der Waals surface area (Å²) in [5, 5.41) is 0. The highest BCUT2D eigenvalue weighted by molar-refractivity contribution is 5.11. The Morgan fingerprint density at radius 2 is 2.08 bits per heavy atom. The second kappa shape index (κ2) is 8.45. The Hall–Kier alpha value is -1.65. The molecule has 2 aromatic rings. The van der Waals surface area contributed by atoms with E-state index in [0.717, 1.165) is 56.3 Å². The predicted molar refractivity (Wildman–Crippen MR) is 94.4 cm³/mol. The number of ether oxygens (including phenoxy) is 1. The lowest BCUT2D eigenvalue weighted by Gasteiger charge is -2.23. The first-order valence-electron chi connectivity index (χ1n) is 9.03. The van der Waals surface area contributed by atoms with E-state index < -0.39 is 0 Å². The zero-order chi connectivity index (χ0) is 16.8. The van der Waals surface area contributed by atoms with Gasteiger partial charge in [0, 0.05) is 25.9 Å². The maximum Gasteiger partial charge on any atom is 0.133 e. The van der Waals surface area contributed by atoms with Crippen molar-refractivity contribution >= 4 is 0 Å². The quantitative estimate of drug-likeness (QED) is 0.746. The summed E-state index contributed by atoms with van der Waals surface area (Å²) in [4.78, 5) is 6.85. The molecule has 4 heteroatoms. The highest BCUT2D eigenvalue weighted by atomic mass is 16.5. The van der Waals surface area contributed by atoms with Crippen LogP contribution in [-0.2, 0) is 17.8 Å². The van der Waals surface area contributed by atoms with Crippen LogP contribution in [0.1, 0.15) is 56.4 Å². The number of rotatable bonds is 7. The summed E-state index contributed by atoms with van der Waals surface area (Å²) in [6.07, 6.45) is 5.45. The van der Waals surface area contributed by atoms with Gasteiger partial charge in [0.15, 0.2) is 0 Å². The van der Waals surface area contributed by atoms with Crippen molar-refractivity contribution in [2.24, 2.45) is 5.92 Å². The maximum absolute atomic E-state index is 6.09. The standard InChI is InChI=1S/C20H28N2O2/c1-16(2)13-22(14-17-7-3-5-11-21-17)15-18-9-10-20(24-18)19-8-4-6-12-23-19/h3,5,7,9-11,16,19H,4,6,8,12-15H2,1-2H3. The molecule has 1 unspecified atom stereocenters. The van der Waals surface area contributed by atoms with Crippen LogP contribution in [0.15, 0.2) is 40.9 Å². The fourth-order valence-electron chi connectivity index (χ4n) is 3.26. The zero-order valence-electron chi connectivity index (χ0n) is 14.8. The summed E-state index contributed by atoms with van der Waals surface area (Å²) in [7, 11) is 0. The molecule has 0 radical (unpaired) electrons. The second-order valence-electron chi connectivity index (χ2n) is 7.04. The van der Waals surface area contributed by atoms with Gasteiger partial charge in [0.2, 0.25) is 0 Å². The van der Waals surface area contributed by atoms with Gasteiger partial charge in [-0.15, -0.1) is 0 Å². The molecule has 4 nitrogen and oxygen atoms in total. The normalized spacial score (nSPS) is 18.4. The molecule has 0 N–H and O–H groups in total. The van der Waals surface area contributed by atoms with Crippen LogP contribution >= 0.6 is 0 Å². The van der Waals surface area contributed by atoms with E-state index in [9.17, 15) is 0 Å². The fraction of sp³-hybridized carbons (Fsp3) is 0.550. The Morgan fingerprint density at radius 1 is 1.17 bits per heavy atom. The van der Waals surface area contributed by atoms with Crippen LogP contribution in [0.25, 0.3) is 0 Å². The predicted octanol–water partition coefficient (Wildman–Crippen LogP) is 4.57. The minimum atomic E-state index is 0.141. The van der Waals surface area contributed by atoms with Crippen molar-refractivity contribution in [3.63, 3.8) is 0 Å². The summed E-state index contributed by atoms with van der Waals surface area (Å²) in [5.41, 5.74) is 1.10. The van der Waals surface area contributed by atoms with Gasteiger partial charge in [0.25, 0.3) is 0 Å². The zero-order valence-corrected chi connectivity index (χ0v) is 14.8. The van der Waals surface area contributed by atoms with Gasteiger partial charge in [0.05, 0.1) is 12.2 Å². The van der Waals surface area contributed by atoms with Crippen LogP contribution in [0.3, 0.4) is 0 Å². The molecule has 1 saturated heterocycles. The summed E-state index contributed by atoms with van der Waals surface area (Å²) >= 11 is 0. The van der Waals surface area contributed by atoms with E-state index in [1.807, 2.05) is 18.3 Å². The van der Waals surface area contributed by atoms with Crippen molar-refractivity contribution in [3.05, 3.63) is 53.7 Å². The van der Waals surface area contributed by atoms with Gasteiger partial charge >= 0.3 is 0 Å². The first-order chi connectivity index (χ1) is 11.7. The molecule has 0 aromatic carbocycles. The Bertz CT molecular complexity index is 603. The van der Waals surface area contributed by atoms with Gasteiger partial charge in [-0.2, -0.15) is 0 Å². The summed E-state index contributed by atoms with van der Waals surface area (Å²) in [6.45, 7) is 8.01. The van der Waals surface area contributed by atoms with Crippen LogP contribution in [0.2, 0.25) is 0 Å². The number of aromatic nitrogens is 1. The van der Waals surface area contributed by atoms with Crippen molar-refractivity contribution < 1.29 is 9.15 Å². The van der Waals surface area contributed by atoms with Gasteiger partial charge in [0.1, 0.15) is 17.6 Å². The Kier molecular flexibility index (Phi) is 6.05. The van der Waals surface area contributed by atoms with Crippen molar-refractivity contribution in [2.45, 2.75) is 52.3 Å². The van der Waals surface area contributed by atoms with Crippen LogP contribution < -0.4 is 0 Å². The maximum atomic E-state index is 6.09. The summed E-state index contributed by atoms with van der Waals surface area (Å²) in [6, 6.07) is 10.3. The number of hydrogen-bond donors (Lipinski definition) is 0. The van der Waals surface area contributed by atoms with Gasteiger partial charge in [-0.05, 0) is 49.4 Å². The van der Waals surface area contributed by atoms with E-state index in [0.29, 0.717) is 5.92 Å². The first kappa shape index (κ1) is 17.2. The lowest BCUT2D eigenvalue weighted by atomic mass is 10.1. The third-order valence-electron chi connectivity index (χ3n) is 4.29. The van der Waals surface area contributed by atoms with Gasteiger partial charge in [-0.25, -0.2) is 0 Å². The van der Waals surface area contributed by atoms with E-state index >= 15 is 0 Å². The molecule has 130 valence electrons. The first-order valence-corrected chi connectivity index (χ1v) is 9.03. The lowest BCUT2D eigenvalue weighted by molar-refractivity contribution is 0.000771. The van der Waals surface area contributed by atoms with Crippen LogP contribution in [-0.4, -0.2) is 23.0 Å². The number of hydrogen-bond acceptors (Lipinski definition) is 4. The molecule has 3 rings (SSSR count). The molecule has 0 saturated carbocycles. The highest BCUT2D eigenvalue weighted by Gasteiger charge is 2.20. The number of pyridine rings is 1. The largest absolute Gasteiger partial charge is 0.462 e. The average molecular weight is 328 g/mol. The summed E-state index contributed by atoms with van der Waals surface area (Å²) in [5.74, 6) is 2.59. The van der Waals surface area contributed by atoms with Gasteiger partial charge < -0.3 is 9.15 Å². The van der Waals surface area contributed by atoms with Crippen molar-refractivity contribution in [1.82, 2.24) is 9.88 Å². The van der Waals surface area contributed by atoms with Crippen molar-refractivity contribution in [2.75, 3.05) is 13.2 Å². The Balaban J connectivity index is 1.64. The van der Waals surface area contributed by atoms with E-state index in [2.05, 4.69) is 41.9 Å². The molecule has 0 aliphatic carbocycles. The average Bonchev–Trinajstić information content (AvgIpc) is 3.04. The molecule has 1 fully saturated rings. The number of furan rings is 1. The van der Waals surface area contributed by atoms with E-state index in [1.165, 1.54) is 6.42 Å². The minimum Gasteiger partial charge on any atom is -0.462 e. The monoisotopic (exact) mass is 328 g/mol. The Labute approximate surface area is 144 Å². The van der Waals surface area contributed by atoms with E-state index in [1.54, 1.807) is 0 Å². The van der Waals surface area contributed by atoms with Crippen LogP contribution in [0.4, 0.5) is 0 Å². The molecule has 1 aliphatic rings. The topological polar surface area (TPSA) is 38.5 Å². The fourth-order valence-corrected chi connectivity index (χ4v) is 3.26. The summed E-state index contributed by atoms with van der Waals surface area (Å²) < 4.78 is 11.9. The molecule has 0 spiro atoms. The van der Waals surface area contributed by atoms with Crippen molar-refractivity contribution in [1.29, 1.82) is 0 Å². The van der Waals surface area contributed by atoms with Gasteiger partial charge in [-0.1, -0.05) is 19.9 Å². The van der Waals surface area contributed by atoms with Gasteiger partial charge in [-0.3, -0.25) is 9.88 Å². The Morgan fingerprint density at radius 3 is 2.79 bits per heavy atom. The van der Waals surface area contributed by atoms with E-state index in [-0.39, 0.29) is 6.10 Å². The molecule has 1 aliphatic heterocycles. The third-order valence-corrected chi connectivity index (χ3v) is 4.29. The van der Waals surface area contributed by atoms with E-state index in [4.69, 9.17) is 9.15 Å². The smallest absolute Gasteiger partial charge is 0.133 e. The molecule has 24 heavy (non-hydrogen) atoms. The lowest BCUT2D eigenvalue weighted by Crippen LogP contribution is -2.27. The second-order valence-corrected chi connectivity index (χ2v) is 7.04. The molecule has 0 bridgehead atoms. The molecular formula is C20H28N2O2. The minimum absolute atomic E-state index is 0.141. The highest BCUT2D eigenvalue weighted by Crippen LogP contribution is 2.29. The third kappa shape index (κ3) is 4.92. The molecular weight excluding hydrogens is 300 g/mol. The molecule has 3 heterocycles. The SMILES string of the molecule is CC(C)CN(Cc1ccccn1)Cc1ccc(C2CCCCO2)o1. The van der Waals surface area contributed by atoms with Crippen molar-refractivity contribution in [3.8, 4) is 0 Å². The molecule has 1 atom stereocenters. The molecule has 2 aromatic heterocycles. The van der Waals surface area contributed by atoms with Crippen LogP contribution in [0.5, 0.6) is 0 Å².